The van der Waals surface area contributed by atoms with E-state index in [9.17, 15) is 9.59 Å². The fourth-order valence-corrected chi connectivity index (χ4v) is 3.67. The molecule has 0 radical (unpaired) electrons. The van der Waals surface area contributed by atoms with Crippen LogP contribution in [0.5, 0.6) is 0 Å². The molecule has 1 N–H and O–H groups in total. The third-order valence-electron chi connectivity index (χ3n) is 4.04. The van der Waals surface area contributed by atoms with Gasteiger partial charge >= 0.3 is 0 Å². The normalized spacial score (nSPS) is 24.1. The molecule has 2 amide bonds. The molecule has 2 fully saturated rings. The number of rotatable bonds is 6. The molecule has 2 aliphatic heterocycles. The van der Waals surface area contributed by atoms with Crippen molar-refractivity contribution in [1.82, 2.24) is 15.1 Å². The standard InChI is InChI=1S/C14H25N3O2S/c1-12-5-2-3-7-16(12)8-4-6-15-13(18)9-17-11-20-10-14(17)19/h12H,2-11H2,1H3,(H,15,18). The van der Waals surface area contributed by atoms with Gasteiger partial charge in [0.25, 0.3) is 0 Å². The minimum Gasteiger partial charge on any atom is -0.355 e. The zero-order valence-corrected chi connectivity index (χ0v) is 13.1. The highest BCUT2D eigenvalue weighted by Crippen LogP contribution is 2.16. The molecule has 114 valence electrons. The van der Waals surface area contributed by atoms with Crippen LogP contribution in [0, 0.1) is 0 Å². The molecule has 2 rings (SSSR count). The fraction of sp³-hybridized carbons (Fsp3) is 0.857. The average molecular weight is 299 g/mol. The minimum atomic E-state index is -0.0347. The van der Waals surface area contributed by atoms with Gasteiger partial charge in [0.05, 0.1) is 11.6 Å². The summed E-state index contributed by atoms with van der Waals surface area (Å²) in [6, 6.07) is 0.679. The van der Waals surface area contributed by atoms with Crippen LogP contribution < -0.4 is 5.32 Å². The molecule has 20 heavy (non-hydrogen) atoms. The zero-order valence-electron chi connectivity index (χ0n) is 12.3. The Kier molecular flexibility index (Phi) is 6.16. The number of likely N-dealkylation sites (tertiary alicyclic amines) is 1. The van der Waals surface area contributed by atoms with Crippen molar-refractivity contribution in [1.29, 1.82) is 0 Å². The monoisotopic (exact) mass is 299 g/mol. The third kappa shape index (κ3) is 4.66. The van der Waals surface area contributed by atoms with Crippen molar-refractivity contribution in [3.63, 3.8) is 0 Å². The van der Waals surface area contributed by atoms with Gasteiger partial charge in [-0.1, -0.05) is 6.42 Å². The summed E-state index contributed by atoms with van der Waals surface area (Å²) in [5.74, 6) is 1.21. The Bertz CT molecular complexity index is 351. The van der Waals surface area contributed by atoms with Gasteiger partial charge in [0.2, 0.25) is 11.8 Å². The molecule has 0 saturated carbocycles. The summed E-state index contributed by atoms with van der Waals surface area (Å²) >= 11 is 1.57. The van der Waals surface area contributed by atoms with Crippen LogP contribution >= 0.6 is 11.8 Å². The lowest BCUT2D eigenvalue weighted by atomic mass is 10.0. The minimum absolute atomic E-state index is 0.0347. The first-order valence-electron chi connectivity index (χ1n) is 7.53. The lowest BCUT2D eigenvalue weighted by Crippen LogP contribution is -2.41. The van der Waals surface area contributed by atoms with Crippen LogP contribution in [0.15, 0.2) is 0 Å². The largest absolute Gasteiger partial charge is 0.355 e. The number of hydrogen-bond donors (Lipinski definition) is 1. The SMILES string of the molecule is CC1CCCCN1CCCNC(=O)CN1CSCC1=O. The quantitative estimate of drug-likeness (QED) is 0.741. The number of thioether (sulfide) groups is 1. The average Bonchev–Trinajstić information content (AvgIpc) is 2.82. The van der Waals surface area contributed by atoms with E-state index in [1.807, 2.05) is 0 Å². The van der Waals surface area contributed by atoms with E-state index in [1.165, 1.54) is 25.8 Å². The van der Waals surface area contributed by atoms with Crippen molar-refractivity contribution < 1.29 is 9.59 Å². The molecule has 5 nitrogen and oxygen atoms in total. The Hall–Kier alpha value is -0.750. The van der Waals surface area contributed by atoms with Gasteiger partial charge in [0.15, 0.2) is 0 Å². The van der Waals surface area contributed by atoms with Gasteiger partial charge in [-0.3, -0.25) is 9.59 Å². The van der Waals surface area contributed by atoms with Gasteiger partial charge < -0.3 is 15.1 Å². The molecule has 1 unspecified atom stereocenters. The van der Waals surface area contributed by atoms with E-state index in [0.29, 0.717) is 24.2 Å². The zero-order chi connectivity index (χ0) is 14.4. The number of amides is 2. The summed E-state index contributed by atoms with van der Waals surface area (Å²) in [6.45, 7) is 5.45. The second kappa shape index (κ2) is 7.88. The fourth-order valence-electron chi connectivity index (χ4n) is 2.77. The van der Waals surface area contributed by atoms with Crippen LogP contribution in [0.3, 0.4) is 0 Å². The molecule has 2 heterocycles. The Labute approximate surface area is 125 Å². The maximum atomic E-state index is 11.7. The smallest absolute Gasteiger partial charge is 0.239 e. The van der Waals surface area contributed by atoms with Crippen LogP contribution in [0.2, 0.25) is 0 Å². The van der Waals surface area contributed by atoms with Gasteiger partial charge in [-0.05, 0) is 32.7 Å². The van der Waals surface area contributed by atoms with Gasteiger partial charge in [0.1, 0.15) is 6.54 Å². The van der Waals surface area contributed by atoms with E-state index in [1.54, 1.807) is 16.7 Å². The van der Waals surface area contributed by atoms with Crippen molar-refractivity contribution in [3.8, 4) is 0 Å². The summed E-state index contributed by atoms with van der Waals surface area (Å²) < 4.78 is 0. The molecule has 0 aliphatic carbocycles. The van der Waals surface area contributed by atoms with Gasteiger partial charge in [-0.2, -0.15) is 0 Å². The first-order chi connectivity index (χ1) is 9.66. The molecule has 2 aliphatic rings. The van der Waals surface area contributed by atoms with Gasteiger partial charge in [0, 0.05) is 19.1 Å². The Balaban J connectivity index is 1.56. The maximum Gasteiger partial charge on any atom is 0.239 e. The number of piperidine rings is 1. The van der Waals surface area contributed by atoms with E-state index in [0.717, 1.165) is 13.0 Å². The molecule has 6 heteroatoms. The second-order valence-electron chi connectivity index (χ2n) is 5.65. The lowest BCUT2D eigenvalue weighted by Gasteiger charge is -2.33. The van der Waals surface area contributed by atoms with Crippen LogP contribution in [-0.4, -0.2) is 65.5 Å². The van der Waals surface area contributed by atoms with E-state index < -0.39 is 0 Å². The van der Waals surface area contributed by atoms with E-state index in [2.05, 4.69) is 17.1 Å². The van der Waals surface area contributed by atoms with Crippen LogP contribution in [0.4, 0.5) is 0 Å². The summed E-state index contributed by atoms with van der Waals surface area (Å²) in [4.78, 5) is 27.3. The van der Waals surface area contributed by atoms with Crippen LogP contribution in [0.1, 0.15) is 32.6 Å². The molecule has 0 spiro atoms. The molecule has 2 saturated heterocycles. The van der Waals surface area contributed by atoms with Gasteiger partial charge in [-0.25, -0.2) is 0 Å². The molecule has 1 atom stereocenters. The van der Waals surface area contributed by atoms with Crippen molar-refractivity contribution in [2.75, 3.05) is 37.8 Å². The Morgan fingerprint density at radius 2 is 2.30 bits per heavy atom. The highest BCUT2D eigenvalue weighted by atomic mass is 32.2. The Morgan fingerprint density at radius 1 is 1.45 bits per heavy atom. The summed E-state index contributed by atoms with van der Waals surface area (Å²) in [5.41, 5.74) is 0. The van der Waals surface area contributed by atoms with Crippen molar-refractivity contribution >= 4 is 23.6 Å². The first-order valence-corrected chi connectivity index (χ1v) is 8.68. The highest BCUT2D eigenvalue weighted by molar-refractivity contribution is 8.00. The van der Waals surface area contributed by atoms with Crippen molar-refractivity contribution in [3.05, 3.63) is 0 Å². The maximum absolute atomic E-state index is 11.7. The van der Waals surface area contributed by atoms with Crippen molar-refractivity contribution in [2.24, 2.45) is 0 Å². The second-order valence-corrected chi connectivity index (χ2v) is 6.61. The molecular weight excluding hydrogens is 274 g/mol. The number of nitrogens with zero attached hydrogens (tertiary/aromatic N) is 2. The third-order valence-corrected chi connectivity index (χ3v) is 4.99. The highest BCUT2D eigenvalue weighted by Gasteiger charge is 2.22. The van der Waals surface area contributed by atoms with Crippen molar-refractivity contribution in [2.45, 2.75) is 38.6 Å². The van der Waals surface area contributed by atoms with Crippen LogP contribution in [-0.2, 0) is 9.59 Å². The number of nitrogens with one attached hydrogen (secondary N) is 1. The topological polar surface area (TPSA) is 52.7 Å². The lowest BCUT2D eigenvalue weighted by molar-refractivity contribution is -0.132. The summed E-state index contributed by atoms with van der Waals surface area (Å²) in [5, 5.41) is 2.92. The number of hydrogen-bond acceptors (Lipinski definition) is 4. The molecule has 0 aromatic carbocycles. The Morgan fingerprint density at radius 3 is 3.00 bits per heavy atom. The number of carbonyl (C=O) groups is 2. The van der Waals surface area contributed by atoms with Gasteiger partial charge in [-0.15, -0.1) is 11.8 Å². The van der Waals surface area contributed by atoms with E-state index >= 15 is 0 Å². The molecular formula is C14H25N3O2S. The summed E-state index contributed by atoms with van der Waals surface area (Å²) in [6.07, 6.45) is 4.92. The summed E-state index contributed by atoms with van der Waals surface area (Å²) in [7, 11) is 0. The van der Waals surface area contributed by atoms with E-state index in [-0.39, 0.29) is 18.4 Å². The number of carbonyl (C=O) groups excluding carboxylic acids is 2. The first kappa shape index (κ1) is 15.6. The predicted molar refractivity (Wildman–Crippen MR) is 81.6 cm³/mol. The molecule has 0 bridgehead atoms. The van der Waals surface area contributed by atoms with E-state index in [4.69, 9.17) is 0 Å². The van der Waals surface area contributed by atoms with Crippen LogP contribution in [0.25, 0.3) is 0 Å². The molecule has 0 aromatic rings. The molecule has 0 aromatic heterocycles. The predicted octanol–water partition coefficient (Wildman–Crippen LogP) is 0.900.